The highest BCUT2D eigenvalue weighted by atomic mass is 16.6. The number of alkyl carbamates (subject to hydrolysis) is 1. The van der Waals surface area contributed by atoms with Gasteiger partial charge in [-0.2, -0.15) is 0 Å². The molecule has 3 aromatic rings. The fourth-order valence-corrected chi connectivity index (χ4v) is 4.97. The second kappa shape index (κ2) is 12.4. The number of amides is 3. The second-order valence-corrected chi connectivity index (χ2v) is 11.7. The van der Waals surface area contributed by atoms with Crippen molar-refractivity contribution in [1.82, 2.24) is 20.8 Å². The summed E-state index contributed by atoms with van der Waals surface area (Å²) in [5.41, 5.74) is 2.38. The predicted molar refractivity (Wildman–Crippen MR) is 154 cm³/mol. The molecule has 3 amide bonds. The van der Waals surface area contributed by atoms with E-state index < -0.39 is 17.7 Å². The fourth-order valence-electron chi connectivity index (χ4n) is 4.97. The number of anilines is 1. The zero-order chi connectivity index (χ0) is 28.9. The van der Waals surface area contributed by atoms with Gasteiger partial charge < -0.3 is 20.7 Å². The maximum absolute atomic E-state index is 13.4. The van der Waals surface area contributed by atoms with Gasteiger partial charge in [-0.15, -0.1) is 0 Å². The molecule has 1 aromatic heterocycles. The molecule has 0 bridgehead atoms. The summed E-state index contributed by atoms with van der Waals surface area (Å²) in [6, 6.07) is 12.1. The molecule has 0 spiro atoms. The average Bonchev–Trinajstić information content (AvgIpc) is 3.27. The van der Waals surface area contributed by atoms with Crippen LogP contribution in [-0.2, 0) is 20.7 Å². The lowest BCUT2D eigenvalue weighted by molar-refractivity contribution is -0.130. The van der Waals surface area contributed by atoms with Crippen molar-refractivity contribution in [2.24, 2.45) is 11.8 Å². The van der Waals surface area contributed by atoms with E-state index in [2.05, 4.69) is 26.1 Å². The number of rotatable bonds is 8. The summed E-state index contributed by atoms with van der Waals surface area (Å²) < 4.78 is 5.31. The van der Waals surface area contributed by atoms with Crippen molar-refractivity contribution in [3.8, 4) is 0 Å². The van der Waals surface area contributed by atoms with Gasteiger partial charge in [-0.25, -0.2) is 4.79 Å². The van der Waals surface area contributed by atoms with Crippen LogP contribution in [0.1, 0.15) is 57.6 Å². The number of aromatic amines is 2. The molecule has 10 heteroatoms. The molecule has 1 fully saturated rings. The molecule has 1 atom stereocenters. The highest BCUT2D eigenvalue weighted by Crippen LogP contribution is 2.29. The Kier molecular flexibility index (Phi) is 8.96. The molecule has 5 N–H and O–H groups in total. The van der Waals surface area contributed by atoms with E-state index in [9.17, 15) is 19.2 Å². The lowest BCUT2D eigenvalue weighted by Gasteiger charge is -2.29. The summed E-state index contributed by atoms with van der Waals surface area (Å²) in [6.45, 7) is 7.98. The van der Waals surface area contributed by atoms with Crippen LogP contribution in [0.3, 0.4) is 0 Å². The lowest BCUT2D eigenvalue weighted by atomic mass is 9.81. The van der Waals surface area contributed by atoms with Gasteiger partial charge in [0.05, 0.1) is 10.9 Å². The Hall–Kier alpha value is -4.08. The Bertz CT molecular complexity index is 1390. The highest BCUT2D eigenvalue weighted by Gasteiger charge is 2.30. The Balaban J connectivity index is 1.37. The van der Waals surface area contributed by atoms with Crippen LogP contribution in [0.4, 0.5) is 10.5 Å². The molecule has 1 heterocycles. The van der Waals surface area contributed by atoms with Gasteiger partial charge in [0, 0.05) is 24.6 Å². The monoisotopic (exact) mass is 549 g/mol. The van der Waals surface area contributed by atoms with E-state index in [1.54, 1.807) is 18.2 Å². The SMILES string of the molecule is Cc1ccc(C[C@H](NC(=O)C2CCC(CNC(=O)OC(C)(C)C)CC2)C(=O)Nc2ccc3c(=O)[nH][nH]c3c2)cc1. The normalized spacial score (nSPS) is 18.1. The molecule has 214 valence electrons. The molecule has 0 radical (unpaired) electrons. The Labute approximate surface area is 233 Å². The first-order valence-corrected chi connectivity index (χ1v) is 13.8. The average molecular weight is 550 g/mol. The summed E-state index contributed by atoms with van der Waals surface area (Å²) in [6.07, 6.45) is 2.89. The van der Waals surface area contributed by atoms with Crippen LogP contribution in [0.2, 0.25) is 0 Å². The lowest BCUT2D eigenvalue weighted by Crippen LogP contribution is -2.48. The van der Waals surface area contributed by atoms with Gasteiger partial charge in [0.15, 0.2) is 0 Å². The number of hydrogen-bond acceptors (Lipinski definition) is 5. The van der Waals surface area contributed by atoms with Crippen molar-refractivity contribution >= 4 is 34.5 Å². The first-order chi connectivity index (χ1) is 19.0. The number of benzene rings is 2. The van der Waals surface area contributed by atoms with Crippen LogP contribution in [0.25, 0.3) is 10.9 Å². The van der Waals surface area contributed by atoms with Gasteiger partial charge in [-0.05, 0) is 83.1 Å². The van der Waals surface area contributed by atoms with Crippen LogP contribution < -0.4 is 21.5 Å². The molecule has 4 rings (SSSR count). The van der Waals surface area contributed by atoms with Crippen LogP contribution >= 0.6 is 0 Å². The third-order valence-electron chi connectivity index (χ3n) is 7.19. The summed E-state index contributed by atoms with van der Waals surface area (Å²) in [7, 11) is 0. The van der Waals surface area contributed by atoms with E-state index in [4.69, 9.17) is 4.74 Å². The number of carbonyl (C=O) groups excluding carboxylic acids is 3. The summed E-state index contributed by atoms with van der Waals surface area (Å²) >= 11 is 0. The molecule has 1 aliphatic rings. The van der Waals surface area contributed by atoms with Crippen LogP contribution in [0.15, 0.2) is 47.3 Å². The second-order valence-electron chi connectivity index (χ2n) is 11.7. The summed E-state index contributed by atoms with van der Waals surface area (Å²) in [5.74, 6) is -0.400. The molecule has 0 saturated heterocycles. The molecule has 40 heavy (non-hydrogen) atoms. The molecule has 10 nitrogen and oxygen atoms in total. The standard InChI is InChI=1S/C30H39N5O5/c1-18-5-7-19(8-6-18)15-25(28(38)32-22-13-14-23-24(16-22)34-35-27(23)37)33-26(36)21-11-9-20(10-12-21)17-31-29(39)40-30(2,3)4/h5-8,13-14,16,20-21,25H,9-12,15,17H2,1-4H3,(H,31,39)(H,32,38)(H,33,36)(H2,34,35,37)/t20?,21?,25-/m0/s1. The zero-order valence-electron chi connectivity index (χ0n) is 23.6. The number of H-pyrrole nitrogens is 2. The van der Waals surface area contributed by atoms with Gasteiger partial charge in [0.25, 0.3) is 5.56 Å². The van der Waals surface area contributed by atoms with Crippen LogP contribution in [-0.4, -0.2) is 46.3 Å². The van der Waals surface area contributed by atoms with Gasteiger partial charge in [-0.3, -0.25) is 24.6 Å². The van der Waals surface area contributed by atoms with Gasteiger partial charge in [0.1, 0.15) is 11.6 Å². The van der Waals surface area contributed by atoms with E-state index in [-0.39, 0.29) is 29.2 Å². The molecule has 1 aliphatic carbocycles. The third kappa shape index (κ3) is 7.97. The van der Waals surface area contributed by atoms with Gasteiger partial charge in [-0.1, -0.05) is 29.8 Å². The van der Waals surface area contributed by atoms with Crippen LogP contribution in [0.5, 0.6) is 0 Å². The fraction of sp³-hybridized carbons (Fsp3) is 0.467. The van der Waals surface area contributed by atoms with Crippen molar-refractivity contribution in [2.75, 3.05) is 11.9 Å². The minimum atomic E-state index is -0.775. The molecule has 2 aromatic carbocycles. The van der Waals surface area contributed by atoms with E-state index in [1.807, 2.05) is 52.0 Å². The molecule has 0 unspecified atom stereocenters. The molecular formula is C30H39N5O5. The van der Waals surface area contributed by atoms with Crippen molar-refractivity contribution in [3.05, 3.63) is 63.9 Å². The maximum atomic E-state index is 13.4. The quantitative estimate of drug-likeness (QED) is 0.286. The Morgan fingerprint density at radius 1 is 1.00 bits per heavy atom. The number of aryl methyl sites for hydroxylation is 1. The number of carbonyl (C=O) groups is 3. The minimum Gasteiger partial charge on any atom is -0.444 e. The third-order valence-corrected chi connectivity index (χ3v) is 7.19. The molecule has 1 saturated carbocycles. The first kappa shape index (κ1) is 28.9. The minimum absolute atomic E-state index is 0.142. The zero-order valence-corrected chi connectivity index (χ0v) is 23.6. The Morgan fingerprint density at radius 3 is 2.38 bits per heavy atom. The van der Waals surface area contributed by atoms with Gasteiger partial charge in [0.2, 0.25) is 11.8 Å². The van der Waals surface area contributed by atoms with Gasteiger partial charge >= 0.3 is 6.09 Å². The highest BCUT2D eigenvalue weighted by molar-refractivity contribution is 5.99. The topological polar surface area (TPSA) is 145 Å². The Morgan fingerprint density at radius 2 is 1.70 bits per heavy atom. The van der Waals surface area contributed by atoms with Crippen molar-refractivity contribution in [3.63, 3.8) is 0 Å². The van der Waals surface area contributed by atoms with E-state index in [1.165, 1.54) is 0 Å². The number of aromatic nitrogens is 2. The van der Waals surface area contributed by atoms with Crippen molar-refractivity contribution in [1.29, 1.82) is 0 Å². The van der Waals surface area contributed by atoms with E-state index in [0.717, 1.165) is 24.0 Å². The summed E-state index contributed by atoms with van der Waals surface area (Å²) in [5, 5.41) is 14.5. The number of nitrogens with one attached hydrogen (secondary N) is 5. The largest absolute Gasteiger partial charge is 0.444 e. The molecular weight excluding hydrogens is 510 g/mol. The van der Waals surface area contributed by atoms with Crippen molar-refractivity contribution in [2.45, 2.75) is 71.4 Å². The number of ether oxygens (including phenoxy) is 1. The van der Waals surface area contributed by atoms with Crippen molar-refractivity contribution < 1.29 is 19.1 Å². The summed E-state index contributed by atoms with van der Waals surface area (Å²) in [4.78, 5) is 50.5. The van der Waals surface area contributed by atoms with E-state index >= 15 is 0 Å². The molecule has 0 aliphatic heterocycles. The smallest absolute Gasteiger partial charge is 0.407 e. The first-order valence-electron chi connectivity index (χ1n) is 13.8. The number of fused-ring (bicyclic) bond motifs is 1. The number of hydrogen-bond donors (Lipinski definition) is 5. The predicted octanol–water partition coefficient (Wildman–Crippen LogP) is 4.16. The maximum Gasteiger partial charge on any atom is 0.407 e. The van der Waals surface area contributed by atoms with E-state index in [0.29, 0.717) is 42.4 Å². The van der Waals surface area contributed by atoms with Crippen LogP contribution in [0, 0.1) is 18.8 Å².